The number of nitrogens with one attached hydrogen (secondary N) is 1. The molecule has 19 heavy (non-hydrogen) atoms. The van der Waals surface area contributed by atoms with E-state index in [9.17, 15) is 4.79 Å². The number of aromatic carboxylic acids is 1. The van der Waals surface area contributed by atoms with E-state index in [1.807, 2.05) is 0 Å². The predicted molar refractivity (Wildman–Crippen MR) is 77.5 cm³/mol. The van der Waals surface area contributed by atoms with Crippen molar-refractivity contribution >= 4 is 17.5 Å². The van der Waals surface area contributed by atoms with Crippen molar-refractivity contribution in [3.8, 4) is 0 Å². The summed E-state index contributed by atoms with van der Waals surface area (Å²) < 4.78 is 0. The van der Waals surface area contributed by atoms with Crippen molar-refractivity contribution in [2.24, 2.45) is 0 Å². The van der Waals surface area contributed by atoms with E-state index in [0.29, 0.717) is 17.5 Å². The smallest absolute Gasteiger partial charge is 0.354 e. The number of nitrogen functional groups attached to an aromatic ring is 1. The minimum absolute atomic E-state index is 0.0161. The number of anilines is 2. The number of carboxylic acids is 1. The quantitative estimate of drug-likeness (QED) is 0.672. The molecule has 0 aliphatic rings. The number of unbranched alkanes of at least 4 members (excludes halogenated alkanes) is 1. The Hall–Kier alpha value is -1.78. The molecule has 1 atom stereocenters. The Morgan fingerprint density at radius 2 is 2.11 bits per heavy atom. The maximum Gasteiger partial charge on any atom is 0.354 e. The van der Waals surface area contributed by atoms with E-state index >= 15 is 0 Å². The number of nitrogens with two attached hydrogens (primary N) is 1. The molecular weight excluding hydrogens is 242 g/mol. The van der Waals surface area contributed by atoms with Crippen LogP contribution in [0.3, 0.4) is 0 Å². The monoisotopic (exact) mass is 265 g/mol. The van der Waals surface area contributed by atoms with Crippen LogP contribution in [0.2, 0.25) is 0 Å². The van der Waals surface area contributed by atoms with Crippen LogP contribution in [0.25, 0.3) is 0 Å². The van der Waals surface area contributed by atoms with Gasteiger partial charge in [-0.1, -0.05) is 33.1 Å². The molecule has 0 fully saturated rings. The lowest BCUT2D eigenvalue weighted by molar-refractivity contribution is 0.0690. The van der Waals surface area contributed by atoms with Gasteiger partial charge in [0, 0.05) is 6.04 Å². The fourth-order valence-corrected chi connectivity index (χ4v) is 1.99. The number of pyridine rings is 1. The fraction of sp³-hybridized carbons (Fsp3) is 0.571. The molecule has 1 aromatic heterocycles. The van der Waals surface area contributed by atoms with Crippen molar-refractivity contribution in [3.63, 3.8) is 0 Å². The number of nitrogens with zero attached hydrogens (tertiary/aromatic N) is 1. The first-order chi connectivity index (χ1) is 9.08. The molecular formula is C14H23N3O2. The highest BCUT2D eigenvalue weighted by Gasteiger charge is 2.12. The molecule has 0 aromatic carbocycles. The van der Waals surface area contributed by atoms with Gasteiger partial charge in [-0.3, -0.25) is 0 Å². The maximum absolute atomic E-state index is 10.9. The maximum atomic E-state index is 10.9. The lowest BCUT2D eigenvalue weighted by Gasteiger charge is -2.19. The first kappa shape index (κ1) is 15.3. The molecule has 0 aliphatic carbocycles. The van der Waals surface area contributed by atoms with Crippen LogP contribution in [-0.4, -0.2) is 22.1 Å². The van der Waals surface area contributed by atoms with Gasteiger partial charge in [0.1, 0.15) is 5.82 Å². The Labute approximate surface area is 114 Å². The molecule has 1 rings (SSSR count). The standard InChI is InChI=1S/C14H23N3O2/c1-3-5-7-10(6-4-2)16-13-11(15)8-9-12(17-13)14(18)19/h8-10H,3-7,15H2,1-2H3,(H,16,17)(H,18,19). The van der Waals surface area contributed by atoms with E-state index in [4.69, 9.17) is 10.8 Å². The summed E-state index contributed by atoms with van der Waals surface area (Å²) >= 11 is 0. The fourth-order valence-electron chi connectivity index (χ4n) is 1.99. The van der Waals surface area contributed by atoms with Crippen LogP contribution in [0.4, 0.5) is 11.5 Å². The topological polar surface area (TPSA) is 88.2 Å². The van der Waals surface area contributed by atoms with Crippen molar-refractivity contribution in [3.05, 3.63) is 17.8 Å². The lowest BCUT2D eigenvalue weighted by Crippen LogP contribution is -2.21. The molecule has 0 spiro atoms. The highest BCUT2D eigenvalue weighted by molar-refractivity contribution is 5.86. The van der Waals surface area contributed by atoms with Crippen molar-refractivity contribution in [1.29, 1.82) is 0 Å². The van der Waals surface area contributed by atoms with E-state index in [-0.39, 0.29) is 5.69 Å². The van der Waals surface area contributed by atoms with Crippen LogP contribution in [0.15, 0.2) is 12.1 Å². The van der Waals surface area contributed by atoms with Crippen molar-refractivity contribution < 1.29 is 9.90 Å². The van der Waals surface area contributed by atoms with Gasteiger partial charge in [0.25, 0.3) is 0 Å². The Morgan fingerprint density at radius 3 is 2.68 bits per heavy atom. The Morgan fingerprint density at radius 1 is 1.37 bits per heavy atom. The number of rotatable bonds is 8. The number of aromatic nitrogens is 1. The molecule has 5 heteroatoms. The van der Waals surface area contributed by atoms with Gasteiger partial charge in [-0.05, 0) is 25.0 Å². The number of hydrogen-bond donors (Lipinski definition) is 3. The van der Waals surface area contributed by atoms with Gasteiger partial charge in [-0.2, -0.15) is 0 Å². The summed E-state index contributed by atoms with van der Waals surface area (Å²) in [4.78, 5) is 15.0. The number of carboxylic acid groups (broad SMARTS) is 1. The molecule has 0 amide bonds. The molecule has 1 aromatic rings. The normalized spacial score (nSPS) is 12.1. The van der Waals surface area contributed by atoms with Gasteiger partial charge in [0.2, 0.25) is 0 Å². The van der Waals surface area contributed by atoms with Crippen LogP contribution >= 0.6 is 0 Å². The van der Waals surface area contributed by atoms with Gasteiger partial charge >= 0.3 is 5.97 Å². The van der Waals surface area contributed by atoms with Crippen LogP contribution in [0.5, 0.6) is 0 Å². The summed E-state index contributed by atoms with van der Waals surface area (Å²) in [6, 6.07) is 3.30. The SMILES string of the molecule is CCCCC(CCC)Nc1nc(C(=O)O)ccc1N. The second-order valence-corrected chi connectivity index (χ2v) is 4.71. The molecule has 0 saturated heterocycles. The zero-order valence-corrected chi connectivity index (χ0v) is 11.6. The van der Waals surface area contributed by atoms with Crippen molar-refractivity contribution in [2.45, 2.75) is 52.0 Å². The van der Waals surface area contributed by atoms with E-state index in [2.05, 4.69) is 24.1 Å². The molecule has 0 bridgehead atoms. The Bertz CT molecular complexity index is 421. The molecule has 4 N–H and O–H groups in total. The van der Waals surface area contributed by atoms with Gasteiger partial charge in [-0.15, -0.1) is 0 Å². The average Bonchev–Trinajstić information content (AvgIpc) is 2.38. The first-order valence-electron chi connectivity index (χ1n) is 6.84. The van der Waals surface area contributed by atoms with Crippen LogP contribution < -0.4 is 11.1 Å². The average molecular weight is 265 g/mol. The minimum Gasteiger partial charge on any atom is -0.477 e. The molecule has 1 unspecified atom stereocenters. The van der Waals surface area contributed by atoms with Gasteiger partial charge in [0.15, 0.2) is 5.69 Å². The summed E-state index contributed by atoms with van der Waals surface area (Å²) in [5.41, 5.74) is 6.35. The number of hydrogen-bond acceptors (Lipinski definition) is 4. The summed E-state index contributed by atoms with van der Waals surface area (Å²) in [6.45, 7) is 4.28. The van der Waals surface area contributed by atoms with Gasteiger partial charge in [0.05, 0.1) is 5.69 Å². The minimum atomic E-state index is -1.04. The van der Waals surface area contributed by atoms with Crippen LogP contribution in [-0.2, 0) is 0 Å². The lowest BCUT2D eigenvalue weighted by atomic mass is 10.1. The molecule has 1 heterocycles. The third-order valence-electron chi connectivity index (χ3n) is 3.03. The zero-order valence-electron chi connectivity index (χ0n) is 11.6. The van der Waals surface area contributed by atoms with Crippen molar-refractivity contribution in [1.82, 2.24) is 4.98 Å². The third-order valence-corrected chi connectivity index (χ3v) is 3.03. The highest BCUT2D eigenvalue weighted by Crippen LogP contribution is 2.20. The molecule has 0 radical (unpaired) electrons. The van der Waals surface area contributed by atoms with E-state index in [1.54, 1.807) is 6.07 Å². The summed E-state index contributed by atoms with van der Waals surface area (Å²) in [5, 5.41) is 12.2. The van der Waals surface area contributed by atoms with E-state index < -0.39 is 5.97 Å². The number of carbonyl (C=O) groups is 1. The van der Waals surface area contributed by atoms with E-state index in [0.717, 1.165) is 32.1 Å². The second-order valence-electron chi connectivity index (χ2n) is 4.71. The van der Waals surface area contributed by atoms with Crippen molar-refractivity contribution in [2.75, 3.05) is 11.1 Å². The largest absolute Gasteiger partial charge is 0.477 e. The molecule has 106 valence electrons. The molecule has 0 saturated carbocycles. The second kappa shape index (κ2) is 7.61. The van der Waals surface area contributed by atoms with Gasteiger partial charge in [-0.25, -0.2) is 9.78 Å². The first-order valence-corrected chi connectivity index (χ1v) is 6.84. The summed E-state index contributed by atoms with van der Waals surface area (Å²) in [6.07, 6.45) is 5.41. The molecule has 0 aliphatic heterocycles. The van der Waals surface area contributed by atoms with Gasteiger partial charge < -0.3 is 16.2 Å². The van der Waals surface area contributed by atoms with E-state index in [1.165, 1.54) is 6.07 Å². The zero-order chi connectivity index (χ0) is 14.3. The van der Waals surface area contributed by atoms with Crippen LogP contribution in [0.1, 0.15) is 56.4 Å². The summed E-state index contributed by atoms with van der Waals surface area (Å²) in [5.74, 6) is -0.557. The Kier molecular flexibility index (Phi) is 6.12. The predicted octanol–water partition coefficient (Wildman–Crippen LogP) is 3.13. The Balaban J connectivity index is 2.81. The molecule has 5 nitrogen and oxygen atoms in total. The third kappa shape index (κ3) is 4.77. The highest BCUT2D eigenvalue weighted by atomic mass is 16.4. The van der Waals surface area contributed by atoms with Crippen LogP contribution in [0, 0.1) is 0 Å². The summed E-state index contributed by atoms with van der Waals surface area (Å²) in [7, 11) is 0.